The summed E-state index contributed by atoms with van der Waals surface area (Å²) in [7, 11) is 3.36. The van der Waals surface area contributed by atoms with E-state index in [4.69, 9.17) is 4.74 Å². The van der Waals surface area contributed by atoms with Crippen molar-refractivity contribution in [3.8, 4) is 5.75 Å². The number of nitrogens with one attached hydrogen (secondary N) is 1. The minimum atomic E-state index is -0.519. The van der Waals surface area contributed by atoms with E-state index in [0.717, 1.165) is 0 Å². The van der Waals surface area contributed by atoms with Gasteiger partial charge in [0.05, 0.1) is 0 Å². The van der Waals surface area contributed by atoms with Gasteiger partial charge in [0, 0.05) is 33.7 Å². The fourth-order valence-electron chi connectivity index (χ4n) is 2.09. The van der Waals surface area contributed by atoms with Crippen LogP contribution >= 0.6 is 0 Å². The zero-order valence-electron chi connectivity index (χ0n) is 11.7. The lowest BCUT2D eigenvalue weighted by atomic mass is 10.2. The van der Waals surface area contributed by atoms with E-state index in [0.29, 0.717) is 25.4 Å². The Morgan fingerprint density at radius 2 is 2.00 bits per heavy atom. The van der Waals surface area contributed by atoms with Crippen LogP contribution in [0.2, 0.25) is 0 Å². The molecular weight excluding hydrogens is 258 g/mol. The van der Waals surface area contributed by atoms with Crippen LogP contribution < -0.4 is 10.1 Å². The number of hydrogen-bond acceptors (Lipinski definition) is 4. The molecule has 6 heteroatoms. The molecule has 108 valence electrons. The van der Waals surface area contributed by atoms with Crippen molar-refractivity contribution in [2.24, 2.45) is 0 Å². The third-order valence-corrected chi connectivity index (χ3v) is 3.15. The second-order valence-corrected chi connectivity index (χ2v) is 4.83. The average Bonchev–Trinajstić information content (AvgIpc) is 2.47. The minimum absolute atomic E-state index is 0.109. The molecule has 0 spiro atoms. The number of nitrogens with zero attached hydrogens (tertiary/aromatic N) is 2. The summed E-state index contributed by atoms with van der Waals surface area (Å²) in [5.41, 5.74) is 0. The molecule has 1 aromatic rings. The molecule has 0 aromatic heterocycles. The molecule has 1 aromatic carbocycles. The maximum absolute atomic E-state index is 12.2. The Morgan fingerprint density at radius 3 is 2.65 bits per heavy atom. The topological polar surface area (TPSA) is 61.9 Å². The Kier molecular flexibility index (Phi) is 4.57. The first-order valence-electron chi connectivity index (χ1n) is 6.55. The van der Waals surface area contributed by atoms with Gasteiger partial charge in [-0.3, -0.25) is 9.69 Å². The van der Waals surface area contributed by atoms with E-state index >= 15 is 0 Å². The van der Waals surface area contributed by atoms with E-state index in [-0.39, 0.29) is 5.91 Å². The molecule has 0 aliphatic carbocycles. The summed E-state index contributed by atoms with van der Waals surface area (Å²) >= 11 is 0. The monoisotopic (exact) mass is 277 g/mol. The van der Waals surface area contributed by atoms with E-state index in [1.165, 1.54) is 9.80 Å². The van der Waals surface area contributed by atoms with Crippen molar-refractivity contribution >= 4 is 12.0 Å². The Labute approximate surface area is 118 Å². The van der Waals surface area contributed by atoms with Gasteiger partial charge in [-0.05, 0) is 12.1 Å². The van der Waals surface area contributed by atoms with Crippen molar-refractivity contribution in [2.45, 2.75) is 6.04 Å². The van der Waals surface area contributed by atoms with Crippen molar-refractivity contribution in [3.05, 3.63) is 30.3 Å². The molecule has 1 N–H and O–H groups in total. The number of piperazine rings is 1. The lowest BCUT2D eigenvalue weighted by Crippen LogP contribution is -2.59. The number of amides is 2. The van der Waals surface area contributed by atoms with Gasteiger partial charge in [0.2, 0.25) is 5.91 Å². The second-order valence-electron chi connectivity index (χ2n) is 4.83. The van der Waals surface area contributed by atoms with Crippen molar-refractivity contribution < 1.29 is 14.3 Å². The van der Waals surface area contributed by atoms with Gasteiger partial charge in [-0.1, -0.05) is 18.2 Å². The lowest BCUT2D eigenvalue weighted by Gasteiger charge is -2.35. The van der Waals surface area contributed by atoms with Gasteiger partial charge in [-0.15, -0.1) is 0 Å². The SMILES string of the molecule is CN(C)C(=O)C1CNCCN1C(=O)Oc1ccccc1. The normalized spacial score (nSPS) is 18.5. The molecule has 1 atom stereocenters. The van der Waals surface area contributed by atoms with Crippen LogP contribution in [-0.2, 0) is 4.79 Å². The summed E-state index contributed by atoms with van der Waals surface area (Å²) in [5.74, 6) is 0.370. The number of carbonyl (C=O) groups excluding carboxylic acids is 2. The molecule has 1 heterocycles. The van der Waals surface area contributed by atoms with E-state index in [1.807, 2.05) is 6.07 Å². The predicted octanol–water partition coefficient (Wildman–Crippen LogP) is 0.547. The minimum Gasteiger partial charge on any atom is -0.410 e. The Morgan fingerprint density at radius 1 is 1.30 bits per heavy atom. The van der Waals surface area contributed by atoms with Gasteiger partial charge >= 0.3 is 6.09 Å². The second kappa shape index (κ2) is 6.38. The molecule has 1 saturated heterocycles. The smallest absolute Gasteiger partial charge is 0.410 e. The largest absolute Gasteiger partial charge is 0.416 e. The first kappa shape index (κ1) is 14.3. The highest BCUT2D eigenvalue weighted by Crippen LogP contribution is 2.13. The molecule has 1 aliphatic rings. The van der Waals surface area contributed by atoms with Crippen molar-refractivity contribution in [2.75, 3.05) is 33.7 Å². The third kappa shape index (κ3) is 3.27. The van der Waals surface area contributed by atoms with Gasteiger partial charge in [0.15, 0.2) is 0 Å². The van der Waals surface area contributed by atoms with Crippen molar-refractivity contribution in [1.29, 1.82) is 0 Å². The first-order chi connectivity index (χ1) is 9.59. The zero-order valence-corrected chi connectivity index (χ0v) is 11.7. The van der Waals surface area contributed by atoms with Gasteiger partial charge in [0.25, 0.3) is 0 Å². The van der Waals surface area contributed by atoms with Crippen molar-refractivity contribution in [1.82, 2.24) is 15.1 Å². The summed E-state index contributed by atoms with van der Waals surface area (Å²) in [6.45, 7) is 1.55. The molecule has 20 heavy (non-hydrogen) atoms. The molecule has 0 saturated carbocycles. The molecule has 2 amide bonds. The van der Waals surface area contributed by atoms with Gasteiger partial charge < -0.3 is 15.0 Å². The van der Waals surface area contributed by atoms with Crippen LogP contribution in [0.3, 0.4) is 0 Å². The third-order valence-electron chi connectivity index (χ3n) is 3.15. The number of benzene rings is 1. The molecule has 2 rings (SSSR count). The van der Waals surface area contributed by atoms with E-state index in [1.54, 1.807) is 38.4 Å². The quantitative estimate of drug-likeness (QED) is 0.857. The Balaban J connectivity index is 2.07. The fourth-order valence-corrected chi connectivity index (χ4v) is 2.09. The van der Waals surface area contributed by atoms with Crippen LogP contribution in [0.5, 0.6) is 5.75 Å². The number of ether oxygens (including phenoxy) is 1. The highest BCUT2D eigenvalue weighted by Gasteiger charge is 2.34. The molecule has 0 bridgehead atoms. The summed E-state index contributed by atoms with van der Waals surface area (Å²) in [5, 5.41) is 3.12. The predicted molar refractivity (Wildman–Crippen MR) is 74.5 cm³/mol. The van der Waals surface area contributed by atoms with Crippen LogP contribution in [0.4, 0.5) is 4.79 Å². The van der Waals surface area contributed by atoms with Gasteiger partial charge in [-0.25, -0.2) is 4.79 Å². The summed E-state index contributed by atoms with van der Waals surface area (Å²) < 4.78 is 5.30. The summed E-state index contributed by atoms with van der Waals surface area (Å²) in [4.78, 5) is 27.3. The number of hydrogen-bond donors (Lipinski definition) is 1. The highest BCUT2D eigenvalue weighted by molar-refractivity contribution is 5.86. The lowest BCUT2D eigenvalue weighted by molar-refractivity contribution is -0.134. The Hall–Kier alpha value is -2.08. The van der Waals surface area contributed by atoms with Crippen LogP contribution in [-0.4, -0.2) is 61.6 Å². The van der Waals surface area contributed by atoms with E-state index < -0.39 is 12.1 Å². The van der Waals surface area contributed by atoms with Crippen LogP contribution in [0.15, 0.2) is 30.3 Å². The number of rotatable bonds is 2. The summed E-state index contributed by atoms with van der Waals surface area (Å²) in [6, 6.07) is 8.34. The van der Waals surface area contributed by atoms with Gasteiger partial charge in [0.1, 0.15) is 11.8 Å². The standard InChI is InChI=1S/C14H19N3O3/c1-16(2)13(18)12-10-15-8-9-17(12)14(19)20-11-6-4-3-5-7-11/h3-7,12,15H,8-10H2,1-2H3. The number of para-hydroxylation sites is 1. The van der Waals surface area contributed by atoms with Crippen LogP contribution in [0.25, 0.3) is 0 Å². The van der Waals surface area contributed by atoms with E-state index in [2.05, 4.69) is 5.32 Å². The van der Waals surface area contributed by atoms with Crippen LogP contribution in [0.1, 0.15) is 0 Å². The molecular formula is C14H19N3O3. The molecule has 1 unspecified atom stereocenters. The van der Waals surface area contributed by atoms with E-state index in [9.17, 15) is 9.59 Å². The first-order valence-corrected chi connectivity index (χ1v) is 6.55. The number of likely N-dealkylation sites (N-methyl/N-ethyl adjacent to an activating group) is 1. The maximum atomic E-state index is 12.2. The highest BCUT2D eigenvalue weighted by atomic mass is 16.6. The average molecular weight is 277 g/mol. The number of carbonyl (C=O) groups is 2. The Bertz CT molecular complexity index is 476. The zero-order chi connectivity index (χ0) is 14.5. The molecule has 1 aliphatic heterocycles. The molecule has 6 nitrogen and oxygen atoms in total. The van der Waals surface area contributed by atoms with Crippen molar-refractivity contribution in [3.63, 3.8) is 0 Å². The summed E-state index contributed by atoms with van der Waals surface area (Å²) in [6.07, 6.45) is -0.488. The fraction of sp³-hybridized carbons (Fsp3) is 0.429. The van der Waals surface area contributed by atoms with Crippen LogP contribution in [0, 0.1) is 0 Å². The van der Waals surface area contributed by atoms with Gasteiger partial charge in [-0.2, -0.15) is 0 Å². The molecule has 0 radical (unpaired) electrons. The maximum Gasteiger partial charge on any atom is 0.416 e. The molecule has 1 fully saturated rings.